The number of esters is 1. The van der Waals surface area contributed by atoms with Gasteiger partial charge in [0.15, 0.2) is 11.5 Å². The van der Waals surface area contributed by atoms with Crippen molar-refractivity contribution in [3.63, 3.8) is 0 Å². The van der Waals surface area contributed by atoms with Gasteiger partial charge >= 0.3 is 5.97 Å². The fourth-order valence-electron chi connectivity index (χ4n) is 1.54. The number of nitrogens with zero attached hydrogens (tertiary/aromatic N) is 4. The lowest BCUT2D eigenvalue weighted by Crippen LogP contribution is -2.09. The maximum Gasteiger partial charge on any atom is 0.360 e. The van der Waals surface area contributed by atoms with Crippen LogP contribution in [-0.4, -0.2) is 33.2 Å². The van der Waals surface area contributed by atoms with Crippen LogP contribution in [0.1, 0.15) is 28.9 Å². The van der Waals surface area contributed by atoms with Crippen molar-refractivity contribution < 1.29 is 14.1 Å². The first kappa shape index (κ1) is 11.3. The van der Waals surface area contributed by atoms with E-state index in [9.17, 15) is 4.79 Å². The van der Waals surface area contributed by atoms with E-state index in [0.717, 1.165) is 0 Å². The van der Waals surface area contributed by atoms with E-state index in [1.165, 1.54) is 7.11 Å². The Balaban J connectivity index is 2.29. The Kier molecular flexibility index (Phi) is 3.17. The highest BCUT2D eigenvalue weighted by atomic mass is 16.5. The van der Waals surface area contributed by atoms with Crippen molar-refractivity contribution >= 4 is 5.97 Å². The molecule has 2 aromatic heterocycles. The zero-order chi connectivity index (χ0) is 12.3. The summed E-state index contributed by atoms with van der Waals surface area (Å²) in [7, 11) is 1.32. The number of rotatable bonds is 4. The molecule has 7 heteroatoms. The van der Waals surface area contributed by atoms with Crippen molar-refractivity contribution in [3.05, 3.63) is 29.4 Å². The van der Waals surface area contributed by atoms with Gasteiger partial charge < -0.3 is 9.26 Å². The second-order valence-electron chi connectivity index (χ2n) is 3.37. The first-order valence-electron chi connectivity index (χ1n) is 5.16. The van der Waals surface area contributed by atoms with E-state index in [4.69, 9.17) is 4.52 Å². The van der Waals surface area contributed by atoms with Gasteiger partial charge in [-0.3, -0.25) is 0 Å². The van der Waals surface area contributed by atoms with Crippen molar-refractivity contribution in [3.8, 4) is 0 Å². The summed E-state index contributed by atoms with van der Waals surface area (Å²) >= 11 is 0. The molecule has 0 aliphatic heterocycles. The topological polar surface area (TPSA) is 83.0 Å². The number of hydrogen-bond donors (Lipinski definition) is 0. The molecule has 0 unspecified atom stereocenters. The van der Waals surface area contributed by atoms with Crippen LogP contribution in [0.15, 0.2) is 16.8 Å². The Morgan fingerprint density at radius 2 is 2.41 bits per heavy atom. The van der Waals surface area contributed by atoms with E-state index in [-0.39, 0.29) is 5.69 Å². The van der Waals surface area contributed by atoms with Crippen molar-refractivity contribution in [2.24, 2.45) is 0 Å². The highest BCUT2D eigenvalue weighted by molar-refractivity contribution is 5.88. The summed E-state index contributed by atoms with van der Waals surface area (Å²) in [6.45, 7) is 2.31. The first-order chi connectivity index (χ1) is 8.26. The van der Waals surface area contributed by atoms with Gasteiger partial charge in [-0.15, -0.1) is 5.10 Å². The van der Waals surface area contributed by atoms with Crippen molar-refractivity contribution in [1.29, 1.82) is 0 Å². The molecule has 0 fully saturated rings. The second kappa shape index (κ2) is 4.77. The molecule has 90 valence electrons. The van der Waals surface area contributed by atoms with Gasteiger partial charge in [0.05, 0.1) is 19.0 Å². The van der Waals surface area contributed by atoms with Gasteiger partial charge in [-0.1, -0.05) is 17.3 Å². The highest BCUT2D eigenvalue weighted by Crippen LogP contribution is 2.10. The minimum Gasteiger partial charge on any atom is -0.464 e. The molecule has 0 saturated heterocycles. The lowest BCUT2D eigenvalue weighted by molar-refractivity contribution is 0.0592. The normalized spacial score (nSPS) is 10.5. The largest absolute Gasteiger partial charge is 0.464 e. The molecular formula is C10H12N4O3. The van der Waals surface area contributed by atoms with Crippen LogP contribution in [0.4, 0.5) is 0 Å². The standard InChI is InChI=1S/C10H12N4O3/c1-3-8-9(10(15)16-2)12-13-14(8)6-7-4-5-11-17-7/h4-5H,3,6H2,1-2H3. The number of carbonyl (C=O) groups is 1. The molecular weight excluding hydrogens is 224 g/mol. The summed E-state index contributed by atoms with van der Waals surface area (Å²) in [5.74, 6) is 0.173. The van der Waals surface area contributed by atoms with Crippen LogP contribution in [0, 0.1) is 0 Å². The number of carbonyl (C=O) groups excluding carboxylic acids is 1. The zero-order valence-corrected chi connectivity index (χ0v) is 9.58. The monoisotopic (exact) mass is 236 g/mol. The summed E-state index contributed by atoms with van der Waals surface area (Å²) in [5, 5.41) is 11.3. The molecule has 0 amide bonds. The number of hydrogen-bond acceptors (Lipinski definition) is 6. The Morgan fingerprint density at radius 3 is 3.00 bits per heavy atom. The van der Waals surface area contributed by atoms with Gasteiger partial charge in [-0.2, -0.15) is 0 Å². The fourth-order valence-corrected chi connectivity index (χ4v) is 1.54. The van der Waals surface area contributed by atoms with E-state index in [1.54, 1.807) is 16.9 Å². The minimum absolute atomic E-state index is 0.245. The van der Waals surface area contributed by atoms with E-state index >= 15 is 0 Å². The quantitative estimate of drug-likeness (QED) is 0.725. The van der Waals surface area contributed by atoms with Crippen LogP contribution in [0.25, 0.3) is 0 Å². The minimum atomic E-state index is -0.481. The summed E-state index contributed by atoms with van der Waals surface area (Å²) in [6, 6.07) is 1.74. The van der Waals surface area contributed by atoms with Crippen LogP contribution >= 0.6 is 0 Å². The average Bonchev–Trinajstić information content (AvgIpc) is 2.97. The zero-order valence-electron chi connectivity index (χ0n) is 9.58. The lowest BCUT2D eigenvalue weighted by Gasteiger charge is -2.02. The van der Waals surface area contributed by atoms with Crippen molar-refractivity contribution in [2.75, 3.05) is 7.11 Å². The third kappa shape index (κ3) is 2.17. The van der Waals surface area contributed by atoms with Gasteiger partial charge in [-0.05, 0) is 6.42 Å². The van der Waals surface area contributed by atoms with Gasteiger partial charge in [-0.25, -0.2) is 9.48 Å². The van der Waals surface area contributed by atoms with Gasteiger partial charge in [0.25, 0.3) is 0 Å². The van der Waals surface area contributed by atoms with Crippen LogP contribution < -0.4 is 0 Å². The summed E-state index contributed by atoms with van der Waals surface area (Å²) in [5.41, 5.74) is 0.961. The van der Waals surface area contributed by atoms with Crippen LogP contribution in [-0.2, 0) is 17.7 Å². The molecule has 17 heavy (non-hydrogen) atoms. The summed E-state index contributed by atoms with van der Waals surface area (Å²) in [4.78, 5) is 11.4. The molecule has 0 radical (unpaired) electrons. The number of aromatic nitrogens is 4. The molecule has 0 N–H and O–H groups in total. The van der Waals surface area contributed by atoms with Crippen LogP contribution in [0.5, 0.6) is 0 Å². The molecule has 0 aromatic carbocycles. The molecule has 0 spiro atoms. The molecule has 0 aliphatic rings. The lowest BCUT2D eigenvalue weighted by atomic mass is 10.2. The van der Waals surface area contributed by atoms with E-state index in [2.05, 4.69) is 20.2 Å². The third-order valence-corrected chi connectivity index (χ3v) is 2.35. The summed E-state index contributed by atoms with van der Waals surface area (Å²) < 4.78 is 11.2. The predicted molar refractivity (Wildman–Crippen MR) is 56.3 cm³/mol. The maximum atomic E-state index is 11.4. The molecule has 2 rings (SSSR count). The molecule has 2 aromatic rings. The highest BCUT2D eigenvalue weighted by Gasteiger charge is 2.19. The second-order valence-corrected chi connectivity index (χ2v) is 3.37. The SMILES string of the molecule is CCc1c(C(=O)OC)nnn1Cc1ccno1. The van der Waals surface area contributed by atoms with Crippen molar-refractivity contribution in [1.82, 2.24) is 20.2 Å². The van der Waals surface area contributed by atoms with E-state index in [1.807, 2.05) is 6.92 Å². The smallest absolute Gasteiger partial charge is 0.360 e. The number of ether oxygens (including phenoxy) is 1. The summed E-state index contributed by atoms with van der Waals surface area (Å²) in [6.07, 6.45) is 2.19. The Labute approximate surface area is 97.3 Å². The fraction of sp³-hybridized carbons (Fsp3) is 0.400. The molecule has 7 nitrogen and oxygen atoms in total. The first-order valence-corrected chi connectivity index (χ1v) is 5.16. The number of methoxy groups -OCH3 is 1. The Morgan fingerprint density at radius 1 is 1.59 bits per heavy atom. The van der Waals surface area contributed by atoms with Crippen LogP contribution in [0.2, 0.25) is 0 Å². The predicted octanol–water partition coefficient (Wildman–Crippen LogP) is 0.663. The Hall–Kier alpha value is -2.18. The molecule has 0 atom stereocenters. The molecule has 0 saturated carbocycles. The Bertz CT molecular complexity index is 504. The third-order valence-electron chi connectivity index (χ3n) is 2.35. The molecule has 0 aliphatic carbocycles. The van der Waals surface area contributed by atoms with Crippen LogP contribution in [0.3, 0.4) is 0 Å². The van der Waals surface area contributed by atoms with E-state index in [0.29, 0.717) is 24.4 Å². The van der Waals surface area contributed by atoms with Crippen molar-refractivity contribution in [2.45, 2.75) is 19.9 Å². The van der Waals surface area contributed by atoms with Gasteiger partial charge in [0.1, 0.15) is 6.54 Å². The molecule has 2 heterocycles. The van der Waals surface area contributed by atoms with E-state index < -0.39 is 5.97 Å². The maximum absolute atomic E-state index is 11.4. The molecule has 0 bridgehead atoms. The van der Waals surface area contributed by atoms with Gasteiger partial charge in [0.2, 0.25) is 0 Å². The van der Waals surface area contributed by atoms with Gasteiger partial charge in [0, 0.05) is 6.07 Å². The average molecular weight is 236 g/mol.